The van der Waals surface area contributed by atoms with E-state index in [2.05, 4.69) is 31.5 Å². The number of nitrogens with one attached hydrogen (secondary N) is 2. The Bertz CT molecular complexity index is 1290. The van der Waals surface area contributed by atoms with Crippen LogP contribution in [0.1, 0.15) is 22.5 Å². The molecule has 0 aliphatic carbocycles. The van der Waals surface area contributed by atoms with Crippen LogP contribution in [0, 0.1) is 18.6 Å². The van der Waals surface area contributed by atoms with Gasteiger partial charge < -0.3 is 24.8 Å². The summed E-state index contributed by atoms with van der Waals surface area (Å²) >= 11 is 3.28. The first-order chi connectivity index (χ1) is 17.3. The van der Waals surface area contributed by atoms with Crippen molar-refractivity contribution in [2.45, 2.75) is 26.6 Å². The molecule has 11 heteroatoms. The fourth-order valence-electron chi connectivity index (χ4n) is 3.78. The zero-order chi connectivity index (χ0) is 25.7. The Hall–Kier alpha value is -3.31. The number of hydrogen-bond donors (Lipinski definition) is 2. The Morgan fingerprint density at radius 2 is 1.97 bits per heavy atom. The zero-order valence-electron chi connectivity index (χ0n) is 19.7. The molecule has 3 heterocycles. The van der Waals surface area contributed by atoms with E-state index in [1.165, 1.54) is 6.07 Å². The number of halogens is 3. The summed E-state index contributed by atoms with van der Waals surface area (Å²) in [6.07, 6.45) is 1.68. The molecule has 190 valence electrons. The van der Waals surface area contributed by atoms with Gasteiger partial charge in [-0.1, -0.05) is 6.07 Å². The molecule has 8 nitrogen and oxygen atoms in total. The maximum Gasteiger partial charge on any atom is 0.317 e. The van der Waals surface area contributed by atoms with E-state index in [0.29, 0.717) is 31.0 Å². The van der Waals surface area contributed by atoms with Gasteiger partial charge in [0, 0.05) is 62.3 Å². The second-order valence-electron chi connectivity index (χ2n) is 8.43. The normalized spacial score (nSPS) is 13.5. The highest BCUT2D eigenvalue weighted by atomic mass is 79.9. The summed E-state index contributed by atoms with van der Waals surface area (Å²) in [6, 6.07) is 8.50. The Balaban J connectivity index is 1.38. The Kier molecular flexibility index (Phi) is 8.32. The van der Waals surface area contributed by atoms with Gasteiger partial charge in [-0.05, 0) is 46.6 Å². The van der Waals surface area contributed by atoms with E-state index in [1.54, 1.807) is 28.7 Å². The molecule has 2 aromatic heterocycles. The molecule has 3 aromatic rings. The number of piperazine rings is 1. The van der Waals surface area contributed by atoms with Crippen LogP contribution in [0.2, 0.25) is 0 Å². The molecule has 0 bridgehead atoms. The standard InChI is InChI=1S/C25H26BrF2N5O3/c1-16-10-22(36-15-18-3-4-19(27)11-21(18)28)23(26)24(34)33(16)14-20-5-2-17(12-30-20)13-31-25(35)32-8-6-29-7-9-32/h2-5,10-12,29H,6-9,13-15H2,1H3,(H,31,35). The molecule has 0 saturated carbocycles. The van der Waals surface area contributed by atoms with Crippen LogP contribution in [0.15, 0.2) is 51.9 Å². The molecule has 1 aliphatic heterocycles. The molecule has 0 radical (unpaired) electrons. The average Bonchev–Trinajstić information content (AvgIpc) is 2.88. The van der Waals surface area contributed by atoms with Crippen LogP contribution >= 0.6 is 15.9 Å². The fourth-order valence-corrected chi connectivity index (χ4v) is 4.23. The molecule has 1 aliphatic rings. The molecule has 1 saturated heterocycles. The lowest BCUT2D eigenvalue weighted by atomic mass is 10.2. The molecular weight excluding hydrogens is 536 g/mol. The highest BCUT2D eigenvalue weighted by Gasteiger charge is 2.16. The van der Waals surface area contributed by atoms with Crippen LogP contribution in [-0.2, 0) is 19.7 Å². The quantitative estimate of drug-likeness (QED) is 0.462. The Morgan fingerprint density at radius 3 is 2.67 bits per heavy atom. The van der Waals surface area contributed by atoms with Crippen molar-refractivity contribution in [2.24, 2.45) is 0 Å². The molecule has 0 unspecified atom stereocenters. The predicted molar refractivity (Wildman–Crippen MR) is 134 cm³/mol. The number of ether oxygens (including phenoxy) is 1. The molecule has 36 heavy (non-hydrogen) atoms. The van der Waals surface area contributed by atoms with Gasteiger partial charge in [-0.2, -0.15) is 0 Å². The van der Waals surface area contributed by atoms with Crippen molar-refractivity contribution >= 4 is 22.0 Å². The summed E-state index contributed by atoms with van der Waals surface area (Å²) in [5.74, 6) is -1.12. The first kappa shape index (κ1) is 25.8. The summed E-state index contributed by atoms with van der Waals surface area (Å²) in [5.41, 5.74) is 2.01. The van der Waals surface area contributed by atoms with Gasteiger partial charge in [-0.3, -0.25) is 9.78 Å². The van der Waals surface area contributed by atoms with E-state index in [1.807, 2.05) is 12.1 Å². The van der Waals surface area contributed by atoms with E-state index in [0.717, 1.165) is 30.8 Å². The molecule has 0 atom stereocenters. The fraction of sp³-hybridized carbons (Fsp3) is 0.320. The van der Waals surface area contributed by atoms with Gasteiger partial charge >= 0.3 is 6.03 Å². The number of amides is 2. The third-order valence-electron chi connectivity index (χ3n) is 5.87. The SMILES string of the molecule is Cc1cc(OCc2ccc(F)cc2F)c(Br)c(=O)n1Cc1ccc(CNC(=O)N2CCNCC2)cn1. The van der Waals surface area contributed by atoms with Crippen molar-refractivity contribution in [1.29, 1.82) is 0 Å². The van der Waals surface area contributed by atoms with Crippen LogP contribution in [0.4, 0.5) is 13.6 Å². The number of carbonyl (C=O) groups is 1. The molecule has 2 N–H and O–H groups in total. The van der Waals surface area contributed by atoms with Crippen molar-refractivity contribution in [3.8, 4) is 5.75 Å². The van der Waals surface area contributed by atoms with Gasteiger partial charge in [0.25, 0.3) is 5.56 Å². The number of hydrogen-bond acceptors (Lipinski definition) is 5. The lowest BCUT2D eigenvalue weighted by Gasteiger charge is -2.27. The van der Waals surface area contributed by atoms with Crippen molar-refractivity contribution in [1.82, 2.24) is 25.1 Å². The summed E-state index contributed by atoms with van der Waals surface area (Å²) in [5, 5.41) is 6.11. The number of carbonyl (C=O) groups excluding carboxylic acids is 1. The number of aryl methyl sites for hydroxylation is 1. The average molecular weight is 562 g/mol. The van der Waals surface area contributed by atoms with Gasteiger partial charge in [0.05, 0.1) is 12.2 Å². The summed E-state index contributed by atoms with van der Waals surface area (Å²) in [6.45, 7) is 5.15. The second kappa shape index (κ2) is 11.6. The van der Waals surface area contributed by atoms with E-state index in [9.17, 15) is 18.4 Å². The zero-order valence-corrected chi connectivity index (χ0v) is 21.3. The second-order valence-corrected chi connectivity index (χ2v) is 9.23. The van der Waals surface area contributed by atoms with Crippen LogP contribution < -0.4 is 20.9 Å². The van der Waals surface area contributed by atoms with Gasteiger partial charge in [0.2, 0.25) is 0 Å². The summed E-state index contributed by atoms with van der Waals surface area (Å²) in [4.78, 5) is 31.4. The number of benzene rings is 1. The van der Waals surface area contributed by atoms with Crippen LogP contribution in [0.3, 0.4) is 0 Å². The predicted octanol–water partition coefficient (Wildman–Crippen LogP) is 3.33. The minimum atomic E-state index is -0.714. The van der Waals surface area contributed by atoms with Crippen LogP contribution in [0.25, 0.3) is 0 Å². The highest BCUT2D eigenvalue weighted by molar-refractivity contribution is 9.10. The monoisotopic (exact) mass is 561 g/mol. The maximum absolute atomic E-state index is 13.9. The first-order valence-electron chi connectivity index (χ1n) is 11.5. The third-order valence-corrected chi connectivity index (χ3v) is 6.60. The molecule has 4 rings (SSSR count). The molecule has 0 spiro atoms. The first-order valence-corrected chi connectivity index (χ1v) is 12.2. The van der Waals surface area contributed by atoms with Crippen molar-refractivity contribution < 1.29 is 18.3 Å². The topological polar surface area (TPSA) is 88.5 Å². The Labute approximate surface area is 215 Å². The Morgan fingerprint density at radius 1 is 1.19 bits per heavy atom. The van der Waals surface area contributed by atoms with Gasteiger partial charge in [-0.15, -0.1) is 0 Å². The molecule has 2 amide bonds. The van der Waals surface area contributed by atoms with E-state index in [-0.39, 0.29) is 40.5 Å². The lowest BCUT2D eigenvalue weighted by Crippen LogP contribution is -2.50. The number of aromatic nitrogens is 2. The third kappa shape index (κ3) is 6.27. The molecular formula is C25H26BrF2N5O3. The summed E-state index contributed by atoms with van der Waals surface area (Å²) < 4.78 is 34.4. The van der Waals surface area contributed by atoms with Gasteiger partial charge in [0.15, 0.2) is 0 Å². The lowest BCUT2D eigenvalue weighted by molar-refractivity contribution is 0.189. The van der Waals surface area contributed by atoms with Gasteiger partial charge in [0.1, 0.15) is 28.5 Å². The smallest absolute Gasteiger partial charge is 0.317 e. The van der Waals surface area contributed by atoms with Crippen molar-refractivity contribution in [3.63, 3.8) is 0 Å². The minimum absolute atomic E-state index is 0.0999. The van der Waals surface area contributed by atoms with E-state index < -0.39 is 11.6 Å². The minimum Gasteiger partial charge on any atom is -0.487 e. The van der Waals surface area contributed by atoms with E-state index >= 15 is 0 Å². The number of nitrogens with zero attached hydrogens (tertiary/aromatic N) is 3. The number of rotatable bonds is 7. The maximum atomic E-state index is 13.9. The number of pyridine rings is 2. The molecule has 1 aromatic carbocycles. The van der Waals surface area contributed by atoms with E-state index in [4.69, 9.17) is 4.74 Å². The van der Waals surface area contributed by atoms with Crippen molar-refractivity contribution in [2.75, 3.05) is 26.2 Å². The van der Waals surface area contributed by atoms with Crippen LogP contribution in [-0.4, -0.2) is 46.7 Å². The molecule has 1 fully saturated rings. The van der Waals surface area contributed by atoms with Crippen molar-refractivity contribution in [3.05, 3.63) is 91.6 Å². The largest absolute Gasteiger partial charge is 0.487 e. The summed E-state index contributed by atoms with van der Waals surface area (Å²) in [7, 11) is 0. The van der Waals surface area contributed by atoms with Crippen LogP contribution in [0.5, 0.6) is 5.75 Å². The highest BCUT2D eigenvalue weighted by Crippen LogP contribution is 2.24. The van der Waals surface area contributed by atoms with Gasteiger partial charge in [-0.25, -0.2) is 13.6 Å². The number of urea groups is 1.